The average molecular weight is 501 g/mol. The van der Waals surface area contributed by atoms with Crippen LogP contribution in [0.4, 0.5) is 9.18 Å². The van der Waals surface area contributed by atoms with Gasteiger partial charge in [0.25, 0.3) is 5.91 Å². The van der Waals surface area contributed by atoms with Crippen molar-refractivity contribution in [3.63, 3.8) is 0 Å². The van der Waals surface area contributed by atoms with Crippen molar-refractivity contribution >= 4 is 45.6 Å². The highest BCUT2D eigenvalue weighted by Gasteiger charge is 2.25. The normalized spacial score (nSPS) is 11.3. The molecule has 0 spiro atoms. The van der Waals surface area contributed by atoms with Crippen molar-refractivity contribution in [2.75, 3.05) is 19.9 Å². The zero-order chi connectivity index (χ0) is 26.5. The van der Waals surface area contributed by atoms with Crippen LogP contribution >= 0.6 is 0 Å². The number of amides is 1. The maximum absolute atomic E-state index is 12.8. The van der Waals surface area contributed by atoms with Gasteiger partial charge < -0.3 is 14.8 Å². The Bertz CT molecular complexity index is 1130. The lowest BCUT2D eigenvalue weighted by Gasteiger charge is -2.16. The molecule has 36 heavy (non-hydrogen) atoms. The Hall–Kier alpha value is -3.75. The van der Waals surface area contributed by atoms with Gasteiger partial charge in [0.2, 0.25) is 0 Å². The van der Waals surface area contributed by atoms with Crippen LogP contribution in [0.1, 0.15) is 46.5 Å². The quantitative estimate of drug-likeness (QED) is 0.395. The number of para-hydroxylation sites is 2. The Balaban J connectivity index is 0.00000106. The van der Waals surface area contributed by atoms with Crippen LogP contribution in [-0.4, -0.2) is 54.3 Å². The molecule has 1 atom stereocenters. The molecular formula is C27H33FN2O6. The topological polar surface area (TPSA) is 104 Å². The first-order chi connectivity index (χ1) is 17.4. The van der Waals surface area contributed by atoms with Crippen LogP contribution in [0.5, 0.6) is 0 Å². The second-order valence-corrected chi connectivity index (χ2v) is 8.07. The predicted molar refractivity (Wildman–Crippen MR) is 136 cm³/mol. The van der Waals surface area contributed by atoms with Crippen molar-refractivity contribution in [3.05, 3.63) is 48.5 Å². The number of ether oxygens (including phenoxy) is 2. The summed E-state index contributed by atoms with van der Waals surface area (Å²) in [5, 5.41) is 3.94. The third-order valence-corrected chi connectivity index (χ3v) is 5.28. The fraction of sp³-hybridized carbons (Fsp3) is 0.407. The molecule has 3 aromatic rings. The van der Waals surface area contributed by atoms with E-state index in [-0.39, 0.29) is 6.61 Å². The fourth-order valence-electron chi connectivity index (χ4n) is 3.33. The smallest absolute Gasteiger partial charge is 0.419 e. The number of aromatic nitrogens is 1. The summed E-state index contributed by atoms with van der Waals surface area (Å²) in [4.78, 5) is 48.5. The number of carbonyl (C=O) groups excluding carboxylic acids is 4. The zero-order valence-corrected chi connectivity index (χ0v) is 20.9. The maximum Gasteiger partial charge on any atom is 0.419 e. The molecule has 1 N–H and O–H groups in total. The molecule has 1 amide bonds. The number of Topliss-reactive ketones (excluding diaryl/α,β-unsaturated/α-hetero) is 1. The van der Waals surface area contributed by atoms with Crippen LogP contribution in [0.15, 0.2) is 48.5 Å². The van der Waals surface area contributed by atoms with Crippen LogP contribution in [0.2, 0.25) is 0 Å². The SMILES string of the molecule is CCCC.CCCOC(=O)CC(NC(=O)COC(=O)n1c2ccccc2c2ccccc21)C(=O)CF. The number of benzene rings is 2. The highest BCUT2D eigenvalue weighted by molar-refractivity contribution is 6.12. The summed E-state index contributed by atoms with van der Waals surface area (Å²) >= 11 is 0. The molecule has 0 radical (unpaired) electrons. The van der Waals surface area contributed by atoms with E-state index in [0.717, 1.165) is 10.8 Å². The second kappa shape index (κ2) is 14.6. The predicted octanol–water partition coefficient (Wildman–Crippen LogP) is 4.95. The lowest BCUT2D eigenvalue weighted by Crippen LogP contribution is -2.45. The molecule has 3 rings (SSSR count). The van der Waals surface area contributed by atoms with Gasteiger partial charge in [-0.25, -0.2) is 13.8 Å². The van der Waals surface area contributed by atoms with Crippen LogP contribution in [0, 0.1) is 0 Å². The number of ketones is 1. The van der Waals surface area contributed by atoms with E-state index in [1.165, 1.54) is 17.4 Å². The van der Waals surface area contributed by atoms with E-state index >= 15 is 0 Å². The number of halogens is 1. The first-order valence-corrected chi connectivity index (χ1v) is 12.1. The Morgan fingerprint density at radius 3 is 1.92 bits per heavy atom. The number of rotatable bonds is 10. The van der Waals surface area contributed by atoms with Crippen molar-refractivity contribution in [1.29, 1.82) is 0 Å². The minimum Gasteiger partial charge on any atom is -0.466 e. The number of fused-ring (bicyclic) bond motifs is 3. The highest BCUT2D eigenvalue weighted by Crippen LogP contribution is 2.28. The summed E-state index contributed by atoms with van der Waals surface area (Å²) in [5.41, 5.74) is 1.23. The third-order valence-electron chi connectivity index (χ3n) is 5.28. The molecule has 1 aromatic heterocycles. The Labute approximate surface area is 209 Å². The van der Waals surface area contributed by atoms with Crippen molar-refractivity contribution in [1.82, 2.24) is 9.88 Å². The molecule has 2 aromatic carbocycles. The van der Waals surface area contributed by atoms with Crippen LogP contribution < -0.4 is 5.32 Å². The van der Waals surface area contributed by atoms with Gasteiger partial charge in [0, 0.05) is 10.8 Å². The molecule has 0 fully saturated rings. The first kappa shape index (κ1) is 28.5. The molecule has 0 bridgehead atoms. The van der Waals surface area contributed by atoms with E-state index in [2.05, 4.69) is 19.2 Å². The van der Waals surface area contributed by atoms with Gasteiger partial charge in [-0.05, 0) is 18.6 Å². The number of esters is 1. The van der Waals surface area contributed by atoms with Gasteiger partial charge in [-0.15, -0.1) is 0 Å². The number of unbranched alkanes of at least 4 members (excludes halogenated alkanes) is 1. The van der Waals surface area contributed by atoms with Gasteiger partial charge >= 0.3 is 12.1 Å². The monoisotopic (exact) mass is 500 g/mol. The number of nitrogens with zero attached hydrogens (tertiary/aromatic N) is 1. The molecule has 0 aliphatic heterocycles. The maximum atomic E-state index is 12.8. The number of hydrogen-bond donors (Lipinski definition) is 1. The van der Waals surface area contributed by atoms with Crippen LogP contribution in [0.25, 0.3) is 21.8 Å². The van der Waals surface area contributed by atoms with Gasteiger partial charge in [0.05, 0.1) is 24.1 Å². The summed E-state index contributed by atoms with van der Waals surface area (Å²) in [5.74, 6) is -2.55. The number of carbonyl (C=O) groups is 4. The standard InChI is InChI=1S/C23H23FN2O6.C4H10/c1-2-11-31-22(29)12-17(20(27)13-24)25-21(28)14-32-23(30)26-18-9-5-3-7-15(18)16-8-4-6-10-19(16)26;1-3-4-2/h3-10,17H,2,11-14H2,1H3,(H,25,28);3-4H2,1-2H3. The zero-order valence-electron chi connectivity index (χ0n) is 20.9. The van der Waals surface area contributed by atoms with E-state index < -0.39 is 49.5 Å². The van der Waals surface area contributed by atoms with Crippen molar-refractivity contribution in [2.45, 2.75) is 52.5 Å². The molecule has 1 unspecified atom stereocenters. The lowest BCUT2D eigenvalue weighted by molar-refractivity contribution is -0.146. The summed E-state index contributed by atoms with van der Waals surface area (Å²) in [6, 6.07) is 13.1. The molecule has 0 aliphatic carbocycles. The largest absolute Gasteiger partial charge is 0.466 e. The third kappa shape index (κ3) is 7.63. The molecule has 1 heterocycles. The molecule has 0 saturated heterocycles. The van der Waals surface area contributed by atoms with Crippen molar-refractivity contribution < 1.29 is 33.0 Å². The summed E-state index contributed by atoms with van der Waals surface area (Å²) in [7, 11) is 0. The van der Waals surface area contributed by atoms with Crippen molar-refractivity contribution in [2.24, 2.45) is 0 Å². The molecule has 9 heteroatoms. The van der Waals surface area contributed by atoms with Gasteiger partial charge in [0.1, 0.15) is 12.7 Å². The fourth-order valence-corrected chi connectivity index (χ4v) is 3.33. The molecule has 8 nitrogen and oxygen atoms in total. The van der Waals surface area contributed by atoms with Gasteiger partial charge in [-0.3, -0.25) is 14.4 Å². The minimum atomic E-state index is -1.40. The summed E-state index contributed by atoms with van der Waals surface area (Å²) in [6.07, 6.45) is 1.93. The Morgan fingerprint density at radius 1 is 0.861 bits per heavy atom. The lowest BCUT2D eigenvalue weighted by atomic mass is 10.1. The molecule has 0 aliphatic rings. The number of nitrogens with one attached hydrogen (secondary N) is 1. The van der Waals surface area contributed by atoms with E-state index in [9.17, 15) is 23.6 Å². The Kier molecular flexibility index (Phi) is 11.6. The average Bonchev–Trinajstić information content (AvgIpc) is 3.24. The molecule has 194 valence electrons. The minimum absolute atomic E-state index is 0.152. The van der Waals surface area contributed by atoms with E-state index in [1.807, 2.05) is 24.3 Å². The number of alkyl halides is 1. The van der Waals surface area contributed by atoms with Crippen molar-refractivity contribution in [3.8, 4) is 0 Å². The van der Waals surface area contributed by atoms with E-state index in [0.29, 0.717) is 17.5 Å². The van der Waals surface area contributed by atoms with Crippen LogP contribution in [0.3, 0.4) is 0 Å². The van der Waals surface area contributed by atoms with Gasteiger partial charge in [0.15, 0.2) is 12.4 Å². The first-order valence-electron chi connectivity index (χ1n) is 12.1. The Morgan fingerprint density at radius 2 is 1.42 bits per heavy atom. The van der Waals surface area contributed by atoms with Gasteiger partial charge in [-0.1, -0.05) is 70.0 Å². The number of hydrogen-bond acceptors (Lipinski definition) is 6. The summed E-state index contributed by atoms with van der Waals surface area (Å²) in [6.45, 7) is 4.25. The van der Waals surface area contributed by atoms with E-state index in [4.69, 9.17) is 9.47 Å². The van der Waals surface area contributed by atoms with Crippen LogP contribution in [-0.2, 0) is 23.9 Å². The van der Waals surface area contributed by atoms with Gasteiger partial charge in [-0.2, -0.15) is 0 Å². The molecule has 0 saturated carbocycles. The summed E-state index contributed by atoms with van der Waals surface area (Å²) < 4.78 is 24.2. The second-order valence-electron chi connectivity index (χ2n) is 8.07. The highest BCUT2D eigenvalue weighted by atomic mass is 19.1. The molecular weight excluding hydrogens is 467 g/mol. The van der Waals surface area contributed by atoms with E-state index in [1.54, 1.807) is 31.2 Å².